The highest BCUT2D eigenvalue weighted by Crippen LogP contribution is 2.30. The van der Waals surface area contributed by atoms with E-state index < -0.39 is 0 Å². The van der Waals surface area contributed by atoms with Crippen LogP contribution in [0.1, 0.15) is 29.2 Å². The molecule has 2 nitrogen and oxygen atoms in total. The molecule has 112 valence electrons. The van der Waals surface area contributed by atoms with Crippen LogP contribution < -0.4 is 10.1 Å². The fraction of sp³-hybridized carbons (Fsp3) is 0.333. The van der Waals surface area contributed by atoms with Gasteiger partial charge in [-0.15, -0.1) is 0 Å². The van der Waals surface area contributed by atoms with Gasteiger partial charge in [-0.25, -0.2) is 0 Å². The lowest BCUT2D eigenvalue weighted by Crippen LogP contribution is -2.18. The Bertz CT molecular complexity index is 598. The van der Waals surface area contributed by atoms with Crippen molar-refractivity contribution in [3.8, 4) is 5.75 Å². The third-order valence-electron chi connectivity index (χ3n) is 3.88. The molecule has 0 radical (unpaired) electrons. The van der Waals surface area contributed by atoms with Crippen LogP contribution >= 0.6 is 11.6 Å². The van der Waals surface area contributed by atoms with E-state index in [4.69, 9.17) is 16.3 Å². The molecule has 3 heteroatoms. The maximum Gasteiger partial charge on any atom is 0.123 e. The Hall–Kier alpha value is -1.51. The summed E-state index contributed by atoms with van der Waals surface area (Å²) in [5.74, 6) is 0.878. The molecule has 2 aromatic carbocycles. The van der Waals surface area contributed by atoms with Gasteiger partial charge in [0.1, 0.15) is 5.75 Å². The zero-order valence-corrected chi connectivity index (χ0v) is 13.6. The van der Waals surface area contributed by atoms with E-state index in [-0.39, 0.29) is 6.04 Å². The van der Waals surface area contributed by atoms with Crippen LogP contribution in [-0.4, -0.2) is 14.2 Å². The molecule has 0 amide bonds. The molecule has 0 aliphatic carbocycles. The molecule has 0 aliphatic heterocycles. The summed E-state index contributed by atoms with van der Waals surface area (Å²) in [6.45, 7) is 2.16. The van der Waals surface area contributed by atoms with Gasteiger partial charge in [0.05, 0.1) is 7.11 Å². The number of benzene rings is 2. The van der Waals surface area contributed by atoms with Crippen LogP contribution in [0, 0.1) is 6.92 Å². The summed E-state index contributed by atoms with van der Waals surface area (Å²) in [6, 6.07) is 14.5. The SMILES string of the molecule is CNC(CCc1ccccc1C)c1cc(Cl)ccc1OC. The van der Waals surface area contributed by atoms with E-state index in [1.807, 2.05) is 25.2 Å². The van der Waals surface area contributed by atoms with E-state index in [1.54, 1.807) is 7.11 Å². The lowest BCUT2D eigenvalue weighted by Gasteiger charge is -2.20. The van der Waals surface area contributed by atoms with Crippen molar-refractivity contribution in [3.63, 3.8) is 0 Å². The number of nitrogens with one attached hydrogen (secondary N) is 1. The Kier molecular flexibility index (Phi) is 5.66. The molecule has 1 unspecified atom stereocenters. The van der Waals surface area contributed by atoms with E-state index in [0.717, 1.165) is 29.2 Å². The van der Waals surface area contributed by atoms with E-state index in [1.165, 1.54) is 11.1 Å². The topological polar surface area (TPSA) is 21.3 Å². The van der Waals surface area contributed by atoms with Crippen molar-refractivity contribution < 1.29 is 4.74 Å². The minimum Gasteiger partial charge on any atom is -0.496 e. The monoisotopic (exact) mass is 303 g/mol. The molecule has 1 N–H and O–H groups in total. The van der Waals surface area contributed by atoms with E-state index in [9.17, 15) is 0 Å². The van der Waals surface area contributed by atoms with Gasteiger partial charge in [-0.05, 0) is 56.1 Å². The molecule has 2 rings (SSSR count). The Morgan fingerprint density at radius 3 is 2.62 bits per heavy atom. The van der Waals surface area contributed by atoms with Gasteiger partial charge in [-0.3, -0.25) is 0 Å². The van der Waals surface area contributed by atoms with Gasteiger partial charge in [0.15, 0.2) is 0 Å². The summed E-state index contributed by atoms with van der Waals surface area (Å²) in [4.78, 5) is 0. The van der Waals surface area contributed by atoms with Gasteiger partial charge in [0.25, 0.3) is 0 Å². The summed E-state index contributed by atoms with van der Waals surface area (Å²) in [5, 5.41) is 4.11. The highest BCUT2D eigenvalue weighted by atomic mass is 35.5. The fourth-order valence-electron chi connectivity index (χ4n) is 2.62. The standard InChI is InChI=1S/C18H22ClNO/c1-13-6-4-5-7-14(13)8-10-17(20-2)16-12-15(19)9-11-18(16)21-3/h4-7,9,11-12,17,20H,8,10H2,1-3H3. The van der Waals surface area contributed by atoms with E-state index >= 15 is 0 Å². The molecule has 0 bridgehead atoms. The van der Waals surface area contributed by atoms with Crippen LogP contribution in [0.2, 0.25) is 5.02 Å². The Morgan fingerprint density at radius 1 is 1.19 bits per heavy atom. The number of rotatable bonds is 6. The molecular weight excluding hydrogens is 282 g/mol. The average molecular weight is 304 g/mol. The number of aryl methyl sites for hydroxylation is 2. The van der Waals surface area contributed by atoms with Gasteiger partial charge in [-0.2, -0.15) is 0 Å². The molecule has 0 spiro atoms. The van der Waals surface area contributed by atoms with Crippen molar-refractivity contribution in [2.24, 2.45) is 0 Å². The van der Waals surface area contributed by atoms with Crippen LogP contribution in [-0.2, 0) is 6.42 Å². The van der Waals surface area contributed by atoms with Crippen molar-refractivity contribution in [2.45, 2.75) is 25.8 Å². The van der Waals surface area contributed by atoms with Gasteiger partial charge in [0.2, 0.25) is 0 Å². The minimum absolute atomic E-state index is 0.221. The second-order valence-corrected chi connectivity index (χ2v) is 5.63. The Balaban J connectivity index is 2.17. The summed E-state index contributed by atoms with van der Waals surface area (Å²) < 4.78 is 5.46. The van der Waals surface area contributed by atoms with Crippen LogP contribution in [0.25, 0.3) is 0 Å². The smallest absolute Gasteiger partial charge is 0.123 e. The second kappa shape index (κ2) is 7.48. The maximum atomic E-state index is 6.13. The zero-order chi connectivity index (χ0) is 15.2. The summed E-state index contributed by atoms with van der Waals surface area (Å²) in [7, 11) is 3.67. The van der Waals surface area contributed by atoms with Crippen LogP contribution in [0.5, 0.6) is 5.75 Å². The van der Waals surface area contributed by atoms with Crippen molar-refractivity contribution in [2.75, 3.05) is 14.2 Å². The molecule has 21 heavy (non-hydrogen) atoms. The molecule has 0 aliphatic rings. The van der Waals surface area contributed by atoms with Crippen molar-refractivity contribution in [1.82, 2.24) is 5.32 Å². The lowest BCUT2D eigenvalue weighted by atomic mass is 9.96. The number of hydrogen-bond acceptors (Lipinski definition) is 2. The normalized spacial score (nSPS) is 12.2. The van der Waals surface area contributed by atoms with Crippen LogP contribution in [0.3, 0.4) is 0 Å². The van der Waals surface area contributed by atoms with Crippen LogP contribution in [0.15, 0.2) is 42.5 Å². The third kappa shape index (κ3) is 3.99. The van der Waals surface area contributed by atoms with E-state index in [2.05, 4.69) is 36.5 Å². The van der Waals surface area contributed by atoms with Crippen molar-refractivity contribution in [3.05, 3.63) is 64.2 Å². The molecule has 0 saturated heterocycles. The van der Waals surface area contributed by atoms with Crippen LogP contribution in [0.4, 0.5) is 0 Å². The minimum atomic E-state index is 0.221. The first-order valence-corrected chi connectivity index (χ1v) is 7.58. The third-order valence-corrected chi connectivity index (χ3v) is 4.11. The average Bonchev–Trinajstić information content (AvgIpc) is 2.50. The first-order chi connectivity index (χ1) is 10.2. The lowest BCUT2D eigenvalue weighted by molar-refractivity contribution is 0.399. The predicted octanol–water partition coefficient (Wildman–Crippen LogP) is 4.55. The summed E-state index contributed by atoms with van der Waals surface area (Å²) in [5.41, 5.74) is 3.84. The molecule has 0 heterocycles. The van der Waals surface area contributed by atoms with Crippen molar-refractivity contribution >= 4 is 11.6 Å². The number of halogens is 1. The molecule has 1 atom stereocenters. The van der Waals surface area contributed by atoms with Gasteiger partial charge in [0, 0.05) is 16.6 Å². The first-order valence-electron chi connectivity index (χ1n) is 7.21. The second-order valence-electron chi connectivity index (χ2n) is 5.19. The van der Waals surface area contributed by atoms with Gasteiger partial charge in [-0.1, -0.05) is 35.9 Å². The predicted molar refractivity (Wildman–Crippen MR) is 89.3 cm³/mol. The van der Waals surface area contributed by atoms with Crippen molar-refractivity contribution in [1.29, 1.82) is 0 Å². The number of ether oxygens (including phenoxy) is 1. The zero-order valence-electron chi connectivity index (χ0n) is 12.8. The van der Waals surface area contributed by atoms with Gasteiger partial charge >= 0.3 is 0 Å². The number of hydrogen-bond donors (Lipinski definition) is 1. The number of methoxy groups -OCH3 is 1. The summed E-state index contributed by atoms with van der Waals surface area (Å²) >= 11 is 6.13. The summed E-state index contributed by atoms with van der Waals surface area (Å²) in [6.07, 6.45) is 2.02. The largest absolute Gasteiger partial charge is 0.496 e. The highest BCUT2D eigenvalue weighted by Gasteiger charge is 2.15. The van der Waals surface area contributed by atoms with E-state index in [0.29, 0.717) is 0 Å². The molecule has 0 aromatic heterocycles. The Labute approximate surface area is 132 Å². The molecule has 0 saturated carbocycles. The molecular formula is C18H22ClNO. The molecule has 0 fully saturated rings. The fourth-order valence-corrected chi connectivity index (χ4v) is 2.80. The molecule has 2 aromatic rings. The maximum absolute atomic E-state index is 6.13. The highest BCUT2D eigenvalue weighted by molar-refractivity contribution is 6.30. The first kappa shape index (κ1) is 15.9. The quantitative estimate of drug-likeness (QED) is 0.845. The van der Waals surface area contributed by atoms with Gasteiger partial charge < -0.3 is 10.1 Å². The Morgan fingerprint density at radius 2 is 1.95 bits per heavy atom.